The molecule has 0 unspecified atom stereocenters. The van der Waals surface area contributed by atoms with Crippen LogP contribution in [-0.4, -0.2) is 38.2 Å². The van der Waals surface area contributed by atoms with E-state index in [1.54, 1.807) is 0 Å². The second-order valence-electron chi connectivity index (χ2n) is 4.94. The minimum absolute atomic E-state index is 0. The Morgan fingerprint density at radius 2 is 2.14 bits per heavy atom. The van der Waals surface area contributed by atoms with E-state index in [1.807, 2.05) is 11.8 Å². The van der Waals surface area contributed by atoms with Gasteiger partial charge in [0, 0.05) is 0 Å². The van der Waals surface area contributed by atoms with Crippen LogP contribution in [0.1, 0.15) is 18.4 Å². The second-order valence-corrected chi connectivity index (χ2v) is 8.29. The van der Waals surface area contributed by atoms with Crippen LogP contribution in [0.15, 0.2) is 41.4 Å². The van der Waals surface area contributed by atoms with Crippen molar-refractivity contribution in [2.24, 2.45) is 0 Å². The van der Waals surface area contributed by atoms with E-state index < -0.39 is 0 Å². The van der Waals surface area contributed by atoms with Crippen molar-refractivity contribution in [3.05, 3.63) is 46.0 Å². The topological polar surface area (TPSA) is 7.12 Å². The fourth-order valence-electron chi connectivity index (χ4n) is 2.65. The number of aromatic nitrogens is 1. The van der Waals surface area contributed by atoms with Crippen LogP contribution in [0.5, 0.6) is 0 Å². The van der Waals surface area contributed by atoms with Crippen molar-refractivity contribution in [1.82, 2.24) is 4.90 Å². The summed E-state index contributed by atoms with van der Waals surface area (Å²) >= 11 is 2.41. The van der Waals surface area contributed by atoms with Gasteiger partial charge in [-0.25, -0.2) is 0 Å². The quantitative estimate of drug-likeness (QED) is 0.341. The van der Waals surface area contributed by atoms with Gasteiger partial charge in [-0.3, -0.25) is 0 Å². The third kappa shape index (κ3) is 3.81. The number of halogens is 1. The Balaban J connectivity index is 0.00000176. The van der Waals surface area contributed by atoms with Gasteiger partial charge in [0.1, 0.15) is 0 Å². The Bertz CT molecular complexity index is 693. The molecule has 2 aromatic rings. The van der Waals surface area contributed by atoms with E-state index in [4.69, 9.17) is 0 Å². The first-order valence-corrected chi connectivity index (χ1v) is 10.2. The summed E-state index contributed by atoms with van der Waals surface area (Å²) in [6.45, 7) is 7.81. The van der Waals surface area contributed by atoms with Gasteiger partial charge in [0.05, 0.1) is 0 Å². The Morgan fingerprint density at radius 3 is 2.91 bits per heavy atom. The molecule has 0 saturated carbocycles. The number of allylic oxidation sites excluding steroid dienone is 2. The maximum Gasteiger partial charge on any atom is -1.00 e. The van der Waals surface area contributed by atoms with Crippen LogP contribution in [0, 0.1) is 0 Å². The minimum atomic E-state index is 0. The van der Waals surface area contributed by atoms with Gasteiger partial charge in [-0.05, 0) is 0 Å². The molecule has 0 bridgehead atoms. The monoisotopic (exact) mass is 492 g/mol. The van der Waals surface area contributed by atoms with Crippen molar-refractivity contribution in [1.29, 1.82) is 0 Å². The number of hydrogen-bond acceptors (Lipinski definition) is 2. The number of benzene rings is 1. The van der Waals surface area contributed by atoms with Gasteiger partial charge in [-0.15, -0.1) is 0 Å². The van der Waals surface area contributed by atoms with Crippen LogP contribution in [0.4, 0.5) is 0 Å². The Hall–Kier alpha value is -0.231. The summed E-state index contributed by atoms with van der Waals surface area (Å²) in [6, 6.07) is 8.80. The molecule has 0 N–H and O–H groups in total. The summed E-state index contributed by atoms with van der Waals surface area (Å²) in [7, 11) is 0. The first-order valence-electron chi connectivity index (χ1n) is 7.51. The number of fused-ring (bicyclic) bond motifs is 1. The number of rotatable bonds is 4. The normalized spacial score (nSPS) is 16.8. The largest absolute Gasteiger partial charge is 1.00 e. The zero-order chi connectivity index (χ0) is 14.7. The fraction of sp³-hybridized carbons (Fsp3) is 0.353. The molecule has 0 radical (unpaired) electrons. The first-order chi connectivity index (χ1) is 10.3. The number of nitrogens with zero attached hydrogens (tertiary/aromatic N) is 2. The van der Waals surface area contributed by atoms with Crippen molar-refractivity contribution in [2.75, 3.05) is 18.8 Å². The molecule has 0 aliphatic carbocycles. The van der Waals surface area contributed by atoms with Crippen LogP contribution in [0.25, 0.3) is 15.9 Å². The van der Waals surface area contributed by atoms with E-state index in [9.17, 15) is 0 Å². The van der Waals surface area contributed by atoms with Gasteiger partial charge >= 0.3 is 137 Å². The predicted molar refractivity (Wildman–Crippen MR) is 93.6 cm³/mol. The summed E-state index contributed by atoms with van der Waals surface area (Å²) in [5.74, 6) is 1.22. The van der Waals surface area contributed by atoms with E-state index in [1.165, 1.54) is 31.7 Å². The molecule has 5 heteroatoms. The molecular formula is C17H21IN2SSe. The van der Waals surface area contributed by atoms with Crippen molar-refractivity contribution in [3.63, 3.8) is 0 Å². The Kier molecular flexibility index (Phi) is 7.06. The van der Waals surface area contributed by atoms with E-state index in [0.29, 0.717) is 14.5 Å². The molecule has 22 heavy (non-hydrogen) atoms. The SMILES string of the molecule is CCN1CCSC1=CC=Cc1[se]c2ccccc2[n+]1CC.[I-]. The molecule has 3 rings (SSSR count). The third-order valence-electron chi connectivity index (χ3n) is 3.73. The summed E-state index contributed by atoms with van der Waals surface area (Å²) in [4.78, 5) is 2.45. The summed E-state index contributed by atoms with van der Waals surface area (Å²) < 4.78 is 5.42. The van der Waals surface area contributed by atoms with Crippen LogP contribution in [0.2, 0.25) is 0 Å². The Labute approximate surface area is 160 Å². The Morgan fingerprint density at radius 1 is 1.32 bits per heavy atom. The summed E-state index contributed by atoms with van der Waals surface area (Å²) in [6.07, 6.45) is 6.83. The number of para-hydroxylation sites is 1. The molecule has 118 valence electrons. The molecule has 1 fully saturated rings. The number of aryl methyl sites for hydroxylation is 1. The van der Waals surface area contributed by atoms with Crippen LogP contribution in [0.3, 0.4) is 0 Å². The molecule has 0 atom stereocenters. The molecule has 2 nitrogen and oxygen atoms in total. The van der Waals surface area contributed by atoms with Crippen molar-refractivity contribution in [2.45, 2.75) is 20.4 Å². The van der Waals surface area contributed by atoms with Gasteiger partial charge in [0.25, 0.3) is 0 Å². The standard InChI is InChI=1S/C17H21N2SSe.HI/c1-3-18-12-13-20-16(18)10-7-11-17-19(4-2)14-8-5-6-9-15(14)21-17;/h5-11H,3-4,12-13H2,1-2H3;1H/q+1;/p-1. The maximum absolute atomic E-state index is 2.45. The molecule has 1 aliphatic heterocycles. The molecule has 1 saturated heterocycles. The van der Waals surface area contributed by atoms with Crippen LogP contribution in [-0.2, 0) is 6.54 Å². The van der Waals surface area contributed by atoms with E-state index in [-0.39, 0.29) is 24.0 Å². The molecule has 0 spiro atoms. The number of thioether (sulfide) groups is 1. The van der Waals surface area contributed by atoms with Gasteiger partial charge in [0.2, 0.25) is 0 Å². The van der Waals surface area contributed by atoms with Crippen molar-refractivity contribution < 1.29 is 28.5 Å². The molecule has 1 aromatic carbocycles. The van der Waals surface area contributed by atoms with E-state index >= 15 is 0 Å². The molecule has 1 aromatic heterocycles. The van der Waals surface area contributed by atoms with Crippen LogP contribution < -0.4 is 28.5 Å². The second kappa shape index (κ2) is 8.57. The maximum atomic E-state index is 2.45. The van der Waals surface area contributed by atoms with Gasteiger partial charge in [0.15, 0.2) is 0 Å². The predicted octanol–water partition coefficient (Wildman–Crippen LogP) is 0.132. The van der Waals surface area contributed by atoms with Crippen LogP contribution >= 0.6 is 11.8 Å². The van der Waals surface area contributed by atoms with Gasteiger partial charge in [-0.2, -0.15) is 0 Å². The first kappa shape index (κ1) is 18.1. The van der Waals surface area contributed by atoms with Crippen molar-refractivity contribution >= 4 is 42.1 Å². The molecule has 2 heterocycles. The zero-order valence-corrected chi connectivity index (χ0v) is 17.6. The van der Waals surface area contributed by atoms with Gasteiger partial charge < -0.3 is 24.0 Å². The summed E-state index contributed by atoms with van der Waals surface area (Å²) in [5.41, 5.74) is 1.40. The van der Waals surface area contributed by atoms with E-state index in [0.717, 1.165) is 13.1 Å². The fourth-order valence-corrected chi connectivity index (χ4v) is 6.13. The number of hydrogen-bond donors (Lipinski definition) is 0. The van der Waals surface area contributed by atoms with E-state index in [2.05, 4.69) is 65.8 Å². The van der Waals surface area contributed by atoms with Crippen molar-refractivity contribution in [3.8, 4) is 0 Å². The smallest absolute Gasteiger partial charge is 1.00 e. The molecule has 0 amide bonds. The average Bonchev–Trinajstić information content (AvgIpc) is 3.10. The van der Waals surface area contributed by atoms with Gasteiger partial charge in [-0.1, -0.05) is 0 Å². The molecular weight excluding hydrogens is 470 g/mol. The third-order valence-corrected chi connectivity index (χ3v) is 7.18. The minimum Gasteiger partial charge on any atom is -1.00 e. The summed E-state index contributed by atoms with van der Waals surface area (Å²) in [5, 5.41) is 1.42. The average molecular weight is 491 g/mol. The zero-order valence-electron chi connectivity index (χ0n) is 13.0. The molecule has 1 aliphatic rings.